The molecular weight excluding hydrogens is 226 g/mol. The largest absolute Gasteiger partial charge is 0.335 e. The Labute approximate surface area is 95.6 Å². The maximum atomic E-state index is 10.7. The summed E-state index contributed by atoms with van der Waals surface area (Å²) in [6.07, 6.45) is 0. The van der Waals surface area contributed by atoms with E-state index in [-0.39, 0.29) is 17.5 Å². The zero-order valence-corrected chi connectivity index (χ0v) is 8.88. The number of nitro benzene ring substituents is 1. The Morgan fingerprint density at radius 3 is 2.88 bits per heavy atom. The summed E-state index contributed by atoms with van der Waals surface area (Å²) >= 11 is 0. The van der Waals surface area contributed by atoms with Crippen LogP contribution in [0.2, 0.25) is 0 Å². The molecule has 0 atom stereocenters. The molecule has 88 valence electrons. The number of nitrogens with two attached hydrogens (primary N) is 1. The molecule has 0 aliphatic carbocycles. The van der Waals surface area contributed by atoms with Gasteiger partial charge in [-0.3, -0.25) is 15.5 Å². The van der Waals surface area contributed by atoms with Crippen LogP contribution in [0.4, 0.5) is 11.7 Å². The Morgan fingerprint density at radius 1 is 1.53 bits per heavy atom. The number of hydrogen-bond acceptors (Lipinski definition) is 7. The lowest BCUT2D eigenvalue weighted by Gasteiger charge is -1.99. The summed E-state index contributed by atoms with van der Waals surface area (Å²) in [5.41, 5.74) is 3.51. The first-order chi connectivity index (χ1) is 8.11. The van der Waals surface area contributed by atoms with Crippen LogP contribution in [0, 0.1) is 17.0 Å². The molecule has 8 heteroatoms. The van der Waals surface area contributed by atoms with Crippen LogP contribution in [-0.4, -0.2) is 15.1 Å². The molecule has 0 bridgehead atoms. The number of benzene rings is 1. The molecule has 0 aliphatic heterocycles. The van der Waals surface area contributed by atoms with Gasteiger partial charge in [-0.1, -0.05) is 11.2 Å². The zero-order valence-electron chi connectivity index (χ0n) is 8.88. The van der Waals surface area contributed by atoms with Gasteiger partial charge in [0.05, 0.1) is 4.92 Å². The average Bonchev–Trinajstić information content (AvgIpc) is 2.77. The molecule has 2 rings (SSSR count). The lowest BCUT2D eigenvalue weighted by atomic mass is 10.1. The lowest BCUT2D eigenvalue weighted by molar-refractivity contribution is -0.384. The second-order valence-corrected chi connectivity index (χ2v) is 3.32. The van der Waals surface area contributed by atoms with Gasteiger partial charge in [0.25, 0.3) is 5.69 Å². The first kappa shape index (κ1) is 11.0. The quantitative estimate of drug-likeness (QED) is 0.466. The summed E-state index contributed by atoms with van der Waals surface area (Å²) < 4.78 is 4.76. The summed E-state index contributed by atoms with van der Waals surface area (Å²) in [6, 6.07) is 4.48. The number of rotatable bonds is 3. The van der Waals surface area contributed by atoms with Crippen molar-refractivity contribution in [3.05, 3.63) is 33.9 Å². The smallest absolute Gasteiger partial charge is 0.314 e. The van der Waals surface area contributed by atoms with Gasteiger partial charge >= 0.3 is 6.01 Å². The van der Waals surface area contributed by atoms with Gasteiger partial charge in [-0.05, 0) is 12.5 Å². The standard InChI is InChI=1S/C9H9N5O3/c1-5-2-3-6(14(15)16)4-7(5)8-11-9(12-10)17-13-8/h2-4H,10H2,1H3,(H,11,12,13). The topological polar surface area (TPSA) is 120 Å². The van der Waals surface area contributed by atoms with Crippen LogP contribution >= 0.6 is 0 Å². The van der Waals surface area contributed by atoms with Gasteiger partial charge in [0, 0.05) is 17.7 Å². The van der Waals surface area contributed by atoms with Crippen molar-refractivity contribution in [2.75, 3.05) is 5.43 Å². The maximum Gasteiger partial charge on any atom is 0.335 e. The molecule has 1 aromatic carbocycles. The van der Waals surface area contributed by atoms with Crippen LogP contribution in [0.15, 0.2) is 22.7 Å². The number of non-ortho nitro benzene ring substituents is 1. The second kappa shape index (κ2) is 4.18. The van der Waals surface area contributed by atoms with Gasteiger partial charge in [-0.2, -0.15) is 4.98 Å². The summed E-state index contributed by atoms with van der Waals surface area (Å²) in [7, 11) is 0. The highest BCUT2D eigenvalue weighted by atomic mass is 16.6. The molecule has 8 nitrogen and oxygen atoms in total. The Hall–Kier alpha value is -2.48. The van der Waals surface area contributed by atoms with E-state index in [1.807, 2.05) is 0 Å². The number of hydrogen-bond donors (Lipinski definition) is 2. The number of nitro groups is 1. The Bertz CT molecular complexity index is 566. The molecule has 17 heavy (non-hydrogen) atoms. The first-order valence-corrected chi connectivity index (χ1v) is 4.67. The van der Waals surface area contributed by atoms with Crippen LogP contribution in [0.1, 0.15) is 5.56 Å². The third-order valence-corrected chi connectivity index (χ3v) is 2.22. The van der Waals surface area contributed by atoms with Crippen molar-refractivity contribution in [1.82, 2.24) is 10.1 Å². The number of aryl methyl sites for hydroxylation is 1. The van der Waals surface area contributed by atoms with Gasteiger partial charge in [0.1, 0.15) is 0 Å². The first-order valence-electron chi connectivity index (χ1n) is 4.67. The minimum absolute atomic E-state index is 0.0299. The van der Waals surface area contributed by atoms with Crippen LogP contribution in [0.25, 0.3) is 11.4 Å². The van der Waals surface area contributed by atoms with E-state index in [0.717, 1.165) is 5.56 Å². The van der Waals surface area contributed by atoms with Gasteiger partial charge < -0.3 is 4.52 Å². The fraction of sp³-hybridized carbons (Fsp3) is 0.111. The van der Waals surface area contributed by atoms with E-state index in [2.05, 4.69) is 15.6 Å². The molecule has 0 aliphatic rings. The van der Waals surface area contributed by atoms with Crippen molar-refractivity contribution < 1.29 is 9.45 Å². The summed E-state index contributed by atoms with van der Waals surface area (Å²) in [5, 5.41) is 14.3. The van der Waals surface area contributed by atoms with Gasteiger partial charge in [0.2, 0.25) is 5.82 Å². The summed E-state index contributed by atoms with van der Waals surface area (Å²) in [4.78, 5) is 14.1. The number of anilines is 1. The maximum absolute atomic E-state index is 10.7. The molecule has 0 spiro atoms. The van der Waals surface area contributed by atoms with Gasteiger partial charge in [-0.25, -0.2) is 5.84 Å². The monoisotopic (exact) mass is 235 g/mol. The molecule has 0 saturated heterocycles. The van der Waals surface area contributed by atoms with Crippen molar-refractivity contribution in [3.63, 3.8) is 0 Å². The van der Waals surface area contributed by atoms with E-state index in [4.69, 9.17) is 10.4 Å². The van der Waals surface area contributed by atoms with Crippen molar-refractivity contribution in [2.45, 2.75) is 6.92 Å². The molecule has 0 amide bonds. The minimum atomic E-state index is -0.481. The van der Waals surface area contributed by atoms with Crippen molar-refractivity contribution in [1.29, 1.82) is 0 Å². The predicted molar refractivity (Wildman–Crippen MR) is 58.9 cm³/mol. The van der Waals surface area contributed by atoms with Gasteiger partial charge in [-0.15, -0.1) is 0 Å². The minimum Gasteiger partial charge on any atom is -0.314 e. The van der Waals surface area contributed by atoms with E-state index in [1.54, 1.807) is 13.0 Å². The number of aromatic nitrogens is 2. The average molecular weight is 235 g/mol. The highest BCUT2D eigenvalue weighted by molar-refractivity contribution is 5.63. The number of nitrogens with zero attached hydrogens (tertiary/aromatic N) is 3. The third-order valence-electron chi connectivity index (χ3n) is 2.22. The number of nitrogens with one attached hydrogen (secondary N) is 1. The summed E-state index contributed by atoms with van der Waals surface area (Å²) in [5.74, 6) is 5.35. The molecule has 3 N–H and O–H groups in total. The zero-order chi connectivity index (χ0) is 12.4. The van der Waals surface area contributed by atoms with Crippen molar-refractivity contribution in [2.24, 2.45) is 5.84 Å². The van der Waals surface area contributed by atoms with Crippen LogP contribution in [-0.2, 0) is 0 Å². The third kappa shape index (κ3) is 2.06. The van der Waals surface area contributed by atoms with E-state index in [1.165, 1.54) is 12.1 Å². The second-order valence-electron chi connectivity index (χ2n) is 3.32. The number of hydrazine groups is 1. The number of nitrogen functional groups attached to an aromatic ring is 1. The van der Waals surface area contributed by atoms with Crippen molar-refractivity contribution >= 4 is 11.7 Å². The molecule has 0 unspecified atom stereocenters. The van der Waals surface area contributed by atoms with E-state index < -0.39 is 4.92 Å². The summed E-state index contributed by atoms with van der Waals surface area (Å²) in [6.45, 7) is 1.80. The van der Waals surface area contributed by atoms with Crippen molar-refractivity contribution in [3.8, 4) is 11.4 Å². The molecule has 1 heterocycles. The molecule has 0 fully saturated rings. The van der Waals surface area contributed by atoms with E-state index >= 15 is 0 Å². The predicted octanol–water partition coefficient (Wildman–Crippen LogP) is 1.24. The van der Waals surface area contributed by atoms with E-state index in [9.17, 15) is 10.1 Å². The lowest BCUT2D eigenvalue weighted by Crippen LogP contribution is -2.06. The molecular formula is C9H9N5O3. The van der Waals surface area contributed by atoms with Crippen LogP contribution in [0.3, 0.4) is 0 Å². The fourth-order valence-corrected chi connectivity index (χ4v) is 1.36. The fourth-order valence-electron chi connectivity index (χ4n) is 1.36. The van der Waals surface area contributed by atoms with Crippen LogP contribution < -0.4 is 11.3 Å². The molecule has 0 saturated carbocycles. The van der Waals surface area contributed by atoms with Gasteiger partial charge in [0.15, 0.2) is 0 Å². The Kier molecular flexibility index (Phi) is 2.71. The molecule has 0 radical (unpaired) electrons. The normalized spacial score (nSPS) is 10.2. The highest BCUT2D eigenvalue weighted by Gasteiger charge is 2.14. The molecule has 1 aromatic heterocycles. The SMILES string of the molecule is Cc1ccc([N+](=O)[O-])cc1-c1noc(NN)n1. The highest BCUT2D eigenvalue weighted by Crippen LogP contribution is 2.25. The van der Waals surface area contributed by atoms with E-state index in [0.29, 0.717) is 5.56 Å². The Morgan fingerprint density at radius 2 is 2.29 bits per heavy atom. The Balaban J connectivity index is 2.49. The molecule has 2 aromatic rings. The van der Waals surface area contributed by atoms with Crippen LogP contribution in [0.5, 0.6) is 0 Å².